The second-order valence-electron chi connectivity index (χ2n) is 3.70. The molecule has 0 saturated carbocycles. The molecule has 1 heterocycles. The van der Waals surface area contributed by atoms with Crippen LogP contribution in [0.1, 0.15) is 33.1 Å². The van der Waals surface area contributed by atoms with E-state index in [1.807, 2.05) is 0 Å². The summed E-state index contributed by atoms with van der Waals surface area (Å²) in [5.41, 5.74) is 0. The maximum absolute atomic E-state index is 3.53. The number of nitrogens with zero attached hydrogens (tertiary/aromatic N) is 1. The van der Waals surface area contributed by atoms with Crippen molar-refractivity contribution in [3.8, 4) is 0 Å². The van der Waals surface area contributed by atoms with Gasteiger partial charge in [-0.15, -0.1) is 0 Å². The van der Waals surface area contributed by atoms with Gasteiger partial charge in [0.15, 0.2) is 0 Å². The van der Waals surface area contributed by atoms with Crippen molar-refractivity contribution in [2.45, 2.75) is 39.2 Å². The predicted octanol–water partition coefficient (Wildman–Crippen LogP) is 1.47. The lowest BCUT2D eigenvalue weighted by molar-refractivity contribution is 0.192. The van der Waals surface area contributed by atoms with Crippen LogP contribution in [-0.2, 0) is 0 Å². The summed E-state index contributed by atoms with van der Waals surface area (Å²) < 4.78 is 0. The Bertz CT molecular complexity index is 98.4. The van der Waals surface area contributed by atoms with Crippen molar-refractivity contribution in [1.82, 2.24) is 10.2 Å². The first-order valence-electron chi connectivity index (χ1n) is 5.32. The first-order chi connectivity index (χ1) is 5.86. The van der Waals surface area contributed by atoms with Crippen LogP contribution in [0, 0.1) is 0 Å². The smallest absolute Gasteiger partial charge is 0.0195 e. The molecule has 0 amide bonds. The normalized spacial score (nSPS) is 26.0. The Morgan fingerprint density at radius 1 is 1.42 bits per heavy atom. The average Bonchev–Trinajstić information content (AvgIpc) is 2.06. The zero-order valence-corrected chi connectivity index (χ0v) is 8.47. The van der Waals surface area contributed by atoms with Crippen LogP contribution in [0.4, 0.5) is 0 Å². The average molecular weight is 170 g/mol. The van der Waals surface area contributed by atoms with Crippen LogP contribution in [0.2, 0.25) is 0 Å². The minimum Gasteiger partial charge on any atom is -0.313 e. The Balaban J connectivity index is 2.20. The van der Waals surface area contributed by atoms with Crippen LogP contribution < -0.4 is 5.32 Å². The molecule has 0 aromatic heterocycles. The predicted molar refractivity (Wildman–Crippen MR) is 53.4 cm³/mol. The van der Waals surface area contributed by atoms with Crippen LogP contribution in [0.25, 0.3) is 0 Å². The first kappa shape index (κ1) is 10.0. The number of hydrogen-bond donors (Lipinski definition) is 1. The summed E-state index contributed by atoms with van der Waals surface area (Å²) in [6, 6.07) is 0.760. The molecule has 1 N–H and O–H groups in total. The van der Waals surface area contributed by atoms with E-state index in [1.165, 1.54) is 38.9 Å². The number of nitrogens with one attached hydrogen (secondary N) is 1. The molecule has 0 aromatic carbocycles. The van der Waals surface area contributed by atoms with Gasteiger partial charge in [0.1, 0.15) is 0 Å². The van der Waals surface area contributed by atoms with Crippen molar-refractivity contribution in [2.24, 2.45) is 0 Å². The van der Waals surface area contributed by atoms with Gasteiger partial charge in [-0.05, 0) is 38.9 Å². The molecule has 1 saturated heterocycles. The zero-order chi connectivity index (χ0) is 8.81. The van der Waals surface area contributed by atoms with Gasteiger partial charge in [0, 0.05) is 12.6 Å². The van der Waals surface area contributed by atoms with Gasteiger partial charge < -0.3 is 10.2 Å². The summed E-state index contributed by atoms with van der Waals surface area (Å²) in [5.74, 6) is 0. The highest BCUT2D eigenvalue weighted by atomic mass is 15.2. The van der Waals surface area contributed by atoms with Crippen LogP contribution in [-0.4, -0.2) is 37.1 Å². The summed E-state index contributed by atoms with van der Waals surface area (Å²) in [6.45, 7) is 9.43. The van der Waals surface area contributed by atoms with Gasteiger partial charge in [-0.1, -0.05) is 13.8 Å². The highest BCUT2D eigenvalue weighted by Crippen LogP contribution is 2.09. The van der Waals surface area contributed by atoms with Crippen molar-refractivity contribution in [3.05, 3.63) is 0 Å². The van der Waals surface area contributed by atoms with Crippen LogP contribution >= 0.6 is 0 Å². The van der Waals surface area contributed by atoms with Crippen LogP contribution in [0.5, 0.6) is 0 Å². The van der Waals surface area contributed by atoms with Gasteiger partial charge in [-0.2, -0.15) is 0 Å². The fourth-order valence-corrected chi connectivity index (χ4v) is 2.03. The van der Waals surface area contributed by atoms with E-state index < -0.39 is 0 Å². The van der Waals surface area contributed by atoms with E-state index in [1.54, 1.807) is 0 Å². The second kappa shape index (κ2) is 5.55. The summed E-state index contributed by atoms with van der Waals surface area (Å²) in [6.07, 6.45) is 4.03. The number of piperidine rings is 1. The van der Waals surface area contributed by atoms with Crippen molar-refractivity contribution < 1.29 is 0 Å². The van der Waals surface area contributed by atoms with E-state index in [0.29, 0.717) is 0 Å². The Labute approximate surface area is 76.3 Å². The molecule has 1 atom stereocenters. The molecule has 1 fully saturated rings. The zero-order valence-electron chi connectivity index (χ0n) is 8.47. The van der Waals surface area contributed by atoms with Gasteiger partial charge in [-0.25, -0.2) is 0 Å². The van der Waals surface area contributed by atoms with Gasteiger partial charge in [-0.3, -0.25) is 0 Å². The highest BCUT2D eigenvalue weighted by Gasteiger charge is 2.17. The minimum atomic E-state index is 0.760. The molecule has 1 aliphatic heterocycles. The largest absolute Gasteiger partial charge is 0.313 e. The standard InChI is InChI=1S/C10H22N2/c1-3-7-12-8-5-6-10(9-12)11-4-2/h10-11H,3-9H2,1-2H3. The lowest BCUT2D eigenvalue weighted by Crippen LogP contribution is -2.45. The number of likely N-dealkylation sites (N-methyl/N-ethyl adjacent to an activating group) is 1. The molecule has 2 heteroatoms. The lowest BCUT2D eigenvalue weighted by Gasteiger charge is -2.32. The molecule has 0 bridgehead atoms. The van der Waals surface area contributed by atoms with Crippen LogP contribution in [0.3, 0.4) is 0 Å². The summed E-state index contributed by atoms with van der Waals surface area (Å²) in [7, 11) is 0. The van der Waals surface area contributed by atoms with E-state index in [2.05, 4.69) is 24.1 Å². The van der Waals surface area contributed by atoms with E-state index in [9.17, 15) is 0 Å². The maximum atomic E-state index is 3.53. The molecule has 72 valence electrons. The molecular weight excluding hydrogens is 148 g/mol. The van der Waals surface area contributed by atoms with Gasteiger partial charge in [0.2, 0.25) is 0 Å². The quantitative estimate of drug-likeness (QED) is 0.687. The van der Waals surface area contributed by atoms with Crippen molar-refractivity contribution >= 4 is 0 Å². The number of rotatable bonds is 4. The number of likely N-dealkylation sites (tertiary alicyclic amines) is 1. The van der Waals surface area contributed by atoms with E-state index in [-0.39, 0.29) is 0 Å². The van der Waals surface area contributed by atoms with E-state index >= 15 is 0 Å². The Kier molecular flexibility index (Phi) is 4.62. The van der Waals surface area contributed by atoms with Crippen molar-refractivity contribution in [1.29, 1.82) is 0 Å². The third kappa shape index (κ3) is 3.11. The van der Waals surface area contributed by atoms with Gasteiger partial charge in [0.05, 0.1) is 0 Å². The summed E-state index contributed by atoms with van der Waals surface area (Å²) >= 11 is 0. The van der Waals surface area contributed by atoms with Crippen molar-refractivity contribution in [3.63, 3.8) is 0 Å². The molecule has 1 unspecified atom stereocenters. The second-order valence-corrected chi connectivity index (χ2v) is 3.70. The molecular formula is C10H22N2. The molecule has 0 aromatic rings. The van der Waals surface area contributed by atoms with E-state index in [4.69, 9.17) is 0 Å². The Morgan fingerprint density at radius 3 is 2.92 bits per heavy atom. The third-order valence-electron chi connectivity index (χ3n) is 2.54. The minimum absolute atomic E-state index is 0.760. The lowest BCUT2D eigenvalue weighted by atomic mass is 10.1. The summed E-state index contributed by atoms with van der Waals surface area (Å²) in [5, 5.41) is 3.53. The topological polar surface area (TPSA) is 15.3 Å². The highest BCUT2D eigenvalue weighted by molar-refractivity contribution is 4.77. The monoisotopic (exact) mass is 170 g/mol. The first-order valence-corrected chi connectivity index (χ1v) is 5.32. The third-order valence-corrected chi connectivity index (χ3v) is 2.54. The number of hydrogen-bond acceptors (Lipinski definition) is 2. The molecule has 1 aliphatic rings. The Hall–Kier alpha value is -0.0800. The molecule has 0 aliphatic carbocycles. The van der Waals surface area contributed by atoms with E-state index in [0.717, 1.165) is 12.6 Å². The van der Waals surface area contributed by atoms with Crippen LogP contribution in [0.15, 0.2) is 0 Å². The fraction of sp³-hybridized carbons (Fsp3) is 1.00. The Morgan fingerprint density at radius 2 is 2.25 bits per heavy atom. The molecule has 1 rings (SSSR count). The summed E-state index contributed by atoms with van der Waals surface area (Å²) in [4.78, 5) is 2.58. The molecule has 0 radical (unpaired) electrons. The van der Waals surface area contributed by atoms with Crippen molar-refractivity contribution in [2.75, 3.05) is 26.2 Å². The fourth-order valence-electron chi connectivity index (χ4n) is 2.03. The van der Waals surface area contributed by atoms with Gasteiger partial charge in [0.25, 0.3) is 0 Å². The molecule has 2 nitrogen and oxygen atoms in total. The molecule has 0 spiro atoms. The maximum Gasteiger partial charge on any atom is 0.0195 e. The SMILES string of the molecule is CCCN1CCCC(NCC)C1. The molecule has 12 heavy (non-hydrogen) atoms. The van der Waals surface area contributed by atoms with Gasteiger partial charge >= 0.3 is 0 Å².